The summed E-state index contributed by atoms with van der Waals surface area (Å²) >= 11 is 0. The van der Waals surface area contributed by atoms with Gasteiger partial charge in [-0.3, -0.25) is 14.9 Å². The van der Waals surface area contributed by atoms with Gasteiger partial charge in [0.1, 0.15) is 0 Å². The van der Waals surface area contributed by atoms with Gasteiger partial charge in [0.2, 0.25) is 15.9 Å². The highest BCUT2D eigenvalue weighted by molar-refractivity contribution is 7.89. The zero-order chi connectivity index (χ0) is 19.9. The molecule has 10 heteroatoms. The molecule has 0 aliphatic heterocycles. The summed E-state index contributed by atoms with van der Waals surface area (Å²) in [6.07, 6.45) is 5.55. The van der Waals surface area contributed by atoms with Crippen LogP contribution in [0.3, 0.4) is 0 Å². The molecule has 1 aliphatic carbocycles. The number of non-ortho nitro benzene ring substituents is 1. The highest BCUT2D eigenvalue weighted by Crippen LogP contribution is 2.38. The molecular formula is C17H26N4O5S. The lowest BCUT2D eigenvalue weighted by Crippen LogP contribution is -2.40. The Balaban J connectivity index is 1.82. The number of nitrogens with two attached hydrogens (primary N) is 1. The number of nitrogens with one attached hydrogen (secondary N) is 2. The van der Waals surface area contributed by atoms with E-state index >= 15 is 0 Å². The predicted molar refractivity (Wildman–Crippen MR) is 100 cm³/mol. The van der Waals surface area contributed by atoms with Crippen LogP contribution in [-0.4, -0.2) is 38.9 Å². The molecule has 1 amide bonds. The molecule has 150 valence electrons. The summed E-state index contributed by atoms with van der Waals surface area (Å²) in [5, 5.41) is 13.5. The van der Waals surface area contributed by atoms with E-state index in [2.05, 4.69) is 10.0 Å². The lowest BCUT2D eigenvalue weighted by Gasteiger charge is -2.35. The number of hydrogen-bond acceptors (Lipinski definition) is 6. The van der Waals surface area contributed by atoms with Gasteiger partial charge in [0.25, 0.3) is 5.69 Å². The average molecular weight is 398 g/mol. The highest BCUT2D eigenvalue weighted by atomic mass is 32.2. The van der Waals surface area contributed by atoms with Crippen LogP contribution in [0.15, 0.2) is 29.2 Å². The summed E-state index contributed by atoms with van der Waals surface area (Å²) in [7, 11) is -3.88. The maximum atomic E-state index is 12.2. The lowest BCUT2D eigenvalue weighted by molar-refractivity contribution is -0.385. The molecular weight excluding hydrogens is 372 g/mol. The summed E-state index contributed by atoms with van der Waals surface area (Å²) in [6, 6.07) is 4.81. The zero-order valence-electron chi connectivity index (χ0n) is 15.1. The van der Waals surface area contributed by atoms with Gasteiger partial charge in [0.05, 0.1) is 9.82 Å². The van der Waals surface area contributed by atoms with Crippen molar-refractivity contribution in [1.29, 1.82) is 0 Å². The van der Waals surface area contributed by atoms with Gasteiger partial charge in [0, 0.05) is 31.6 Å². The standard InChI is InChI=1S/C17H26N4O5S/c18-13-17(7-2-1-3-8-17)12-16(22)19-9-10-20-27(25,26)15-6-4-5-14(11-15)21(23)24/h4-6,11,20H,1-3,7-10,12-13,18H2,(H,19,22). The van der Waals surface area contributed by atoms with Crippen molar-refractivity contribution in [2.24, 2.45) is 11.1 Å². The molecule has 2 rings (SSSR count). The van der Waals surface area contributed by atoms with Crippen LogP contribution in [-0.2, 0) is 14.8 Å². The van der Waals surface area contributed by atoms with Gasteiger partial charge >= 0.3 is 0 Å². The molecule has 4 N–H and O–H groups in total. The molecule has 0 heterocycles. The van der Waals surface area contributed by atoms with E-state index in [0.717, 1.165) is 31.7 Å². The largest absolute Gasteiger partial charge is 0.355 e. The number of carbonyl (C=O) groups excluding carboxylic acids is 1. The molecule has 27 heavy (non-hydrogen) atoms. The fraction of sp³-hybridized carbons (Fsp3) is 0.588. The number of sulfonamides is 1. The summed E-state index contributed by atoms with van der Waals surface area (Å²) in [5.74, 6) is -0.142. The molecule has 0 spiro atoms. The Labute approximate surface area is 158 Å². The van der Waals surface area contributed by atoms with E-state index in [9.17, 15) is 23.3 Å². The normalized spacial score (nSPS) is 16.6. The Hall–Kier alpha value is -2.04. The van der Waals surface area contributed by atoms with Gasteiger partial charge in [0.15, 0.2) is 0 Å². The number of nitro benzene ring substituents is 1. The van der Waals surface area contributed by atoms with E-state index < -0.39 is 14.9 Å². The van der Waals surface area contributed by atoms with E-state index in [-0.39, 0.29) is 35.0 Å². The van der Waals surface area contributed by atoms with Crippen molar-refractivity contribution >= 4 is 21.6 Å². The van der Waals surface area contributed by atoms with Gasteiger partial charge in [-0.2, -0.15) is 0 Å². The van der Waals surface area contributed by atoms with Crippen LogP contribution in [0.5, 0.6) is 0 Å². The third kappa shape index (κ3) is 5.98. The Bertz CT molecular complexity index is 775. The van der Waals surface area contributed by atoms with Crippen LogP contribution >= 0.6 is 0 Å². The molecule has 0 saturated heterocycles. The maximum absolute atomic E-state index is 12.2. The Morgan fingerprint density at radius 1 is 1.22 bits per heavy atom. The smallest absolute Gasteiger partial charge is 0.270 e. The topological polar surface area (TPSA) is 144 Å². The Kier molecular flexibility index (Phi) is 7.28. The minimum absolute atomic E-state index is 0.00755. The van der Waals surface area contributed by atoms with E-state index in [0.29, 0.717) is 13.0 Å². The number of rotatable bonds is 9. The Morgan fingerprint density at radius 2 is 1.93 bits per heavy atom. The molecule has 9 nitrogen and oxygen atoms in total. The monoisotopic (exact) mass is 398 g/mol. The van der Waals surface area contributed by atoms with Crippen molar-refractivity contribution in [1.82, 2.24) is 10.0 Å². The second-order valence-corrected chi connectivity index (χ2v) is 8.71. The number of nitro groups is 1. The number of amides is 1. The highest BCUT2D eigenvalue weighted by Gasteiger charge is 2.32. The fourth-order valence-electron chi connectivity index (χ4n) is 3.39. The third-order valence-corrected chi connectivity index (χ3v) is 6.42. The first-order chi connectivity index (χ1) is 12.8. The maximum Gasteiger partial charge on any atom is 0.270 e. The van der Waals surface area contributed by atoms with Crippen LogP contribution in [0.2, 0.25) is 0 Å². The molecule has 0 bridgehead atoms. The van der Waals surface area contributed by atoms with Gasteiger partial charge in [-0.25, -0.2) is 13.1 Å². The van der Waals surface area contributed by atoms with E-state index in [1.807, 2.05) is 0 Å². The van der Waals surface area contributed by atoms with Crippen LogP contribution < -0.4 is 15.8 Å². The molecule has 1 aromatic carbocycles. The molecule has 0 atom stereocenters. The van der Waals surface area contributed by atoms with E-state index in [1.165, 1.54) is 24.6 Å². The number of benzene rings is 1. The van der Waals surface area contributed by atoms with E-state index in [4.69, 9.17) is 5.73 Å². The van der Waals surface area contributed by atoms with Crippen LogP contribution in [0, 0.1) is 15.5 Å². The van der Waals surface area contributed by atoms with Gasteiger partial charge in [-0.1, -0.05) is 25.3 Å². The lowest BCUT2D eigenvalue weighted by atomic mass is 9.71. The van der Waals surface area contributed by atoms with Crippen molar-refractivity contribution in [3.63, 3.8) is 0 Å². The molecule has 1 saturated carbocycles. The predicted octanol–water partition coefficient (Wildman–Crippen LogP) is 1.29. The number of carbonyl (C=O) groups is 1. The van der Waals surface area contributed by atoms with Gasteiger partial charge < -0.3 is 11.1 Å². The molecule has 0 unspecified atom stereocenters. The first-order valence-electron chi connectivity index (χ1n) is 8.99. The van der Waals surface area contributed by atoms with Gasteiger partial charge in [-0.15, -0.1) is 0 Å². The van der Waals surface area contributed by atoms with Crippen molar-refractivity contribution in [3.05, 3.63) is 34.4 Å². The number of hydrogen-bond donors (Lipinski definition) is 3. The number of nitrogens with zero attached hydrogens (tertiary/aromatic N) is 1. The van der Waals surface area contributed by atoms with Crippen LogP contribution in [0.4, 0.5) is 5.69 Å². The van der Waals surface area contributed by atoms with E-state index in [1.54, 1.807) is 0 Å². The SMILES string of the molecule is NCC1(CC(=O)NCCNS(=O)(=O)c2cccc([N+](=O)[O-])c2)CCCCC1. The molecule has 1 aliphatic rings. The minimum Gasteiger partial charge on any atom is -0.355 e. The first kappa shape index (κ1) is 21.3. The zero-order valence-corrected chi connectivity index (χ0v) is 16.0. The Morgan fingerprint density at radius 3 is 2.56 bits per heavy atom. The summed E-state index contributed by atoms with van der Waals surface area (Å²) < 4.78 is 26.7. The average Bonchev–Trinajstić information content (AvgIpc) is 2.66. The summed E-state index contributed by atoms with van der Waals surface area (Å²) in [5.41, 5.74) is 5.43. The minimum atomic E-state index is -3.88. The van der Waals surface area contributed by atoms with Crippen molar-refractivity contribution < 1.29 is 18.1 Å². The fourth-order valence-corrected chi connectivity index (χ4v) is 4.46. The molecule has 0 aromatic heterocycles. The van der Waals surface area contributed by atoms with Crippen molar-refractivity contribution in [2.75, 3.05) is 19.6 Å². The molecule has 1 aromatic rings. The van der Waals surface area contributed by atoms with Gasteiger partial charge in [-0.05, 0) is 30.9 Å². The molecule has 1 fully saturated rings. The second kappa shape index (κ2) is 9.25. The third-order valence-electron chi connectivity index (χ3n) is 4.96. The first-order valence-corrected chi connectivity index (χ1v) is 10.5. The van der Waals surface area contributed by atoms with Crippen LogP contribution in [0.25, 0.3) is 0 Å². The quantitative estimate of drug-likeness (QED) is 0.325. The summed E-state index contributed by atoms with van der Waals surface area (Å²) in [4.78, 5) is 22.1. The van der Waals surface area contributed by atoms with Crippen molar-refractivity contribution in [3.8, 4) is 0 Å². The second-order valence-electron chi connectivity index (χ2n) is 6.94. The summed E-state index contributed by atoms with van der Waals surface area (Å²) in [6.45, 7) is 0.597. The van der Waals surface area contributed by atoms with Crippen LogP contribution in [0.1, 0.15) is 38.5 Å². The molecule has 0 radical (unpaired) electrons. The van der Waals surface area contributed by atoms with Crippen molar-refractivity contribution in [2.45, 2.75) is 43.4 Å².